The van der Waals surface area contributed by atoms with Gasteiger partial charge in [-0.2, -0.15) is 0 Å². The van der Waals surface area contributed by atoms with Gasteiger partial charge in [-0.1, -0.05) is 6.07 Å². The number of aromatic nitrogens is 2. The summed E-state index contributed by atoms with van der Waals surface area (Å²) in [6.45, 7) is 2.34. The molecular weight excluding hydrogens is 382 g/mol. The highest BCUT2D eigenvalue weighted by atomic mass is 19.1. The first-order valence-electron chi connectivity index (χ1n) is 8.76. The molecule has 0 unspecified atom stereocenters. The summed E-state index contributed by atoms with van der Waals surface area (Å²) in [4.78, 5) is 25.0. The van der Waals surface area contributed by atoms with Gasteiger partial charge in [-0.3, -0.25) is 4.79 Å². The molecule has 2 heterocycles. The van der Waals surface area contributed by atoms with Crippen LogP contribution in [0.1, 0.15) is 34.2 Å². The van der Waals surface area contributed by atoms with E-state index in [4.69, 9.17) is 15.2 Å². The molecule has 7 nitrogen and oxygen atoms in total. The van der Waals surface area contributed by atoms with Gasteiger partial charge in [-0.15, -0.1) is 0 Å². The summed E-state index contributed by atoms with van der Waals surface area (Å²) in [5.41, 5.74) is 5.68. The van der Waals surface area contributed by atoms with E-state index >= 15 is 0 Å². The maximum atomic E-state index is 14.6. The van der Waals surface area contributed by atoms with Gasteiger partial charge in [0, 0.05) is 12.0 Å². The summed E-state index contributed by atoms with van der Waals surface area (Å²) in [5.74, 6) is -0.584. The Kier molecular flexibility index (Phi) is 5.58. The van der Waals surface area contributed by atoms with Gasteiger partial charge in [0.1, 0.15) is 29.5 Å². The monoisotopic (exact) mass is 402 g/mol. The zero-order chi connectivity index (χ0) is 21.2. The number of carbonyl (C=O) groups excluding carboxylic acids is 1. The Balaban J connectivity index is 1.93. The van der Waals surface area contributed by atoms with Crippen molar-refractivity contribution in [3.63, 3.8) is 0 Å². The van der Waals surface area contributed by atoms with Gasteiger partial charge in [-0.25, -0.2) is 23.7 Å². The average Bonchev–Trinajstić information content (AvgIpc) is 2.68. The molecule has 2 N–H and O–H groups in total. The van der Waals surface area contributed by atoms with Gasteiger partial charge in [0.25, 0.3) is 6.02 Å². The first kappa shape index (κ1) is 20.4. The number of ether oxygens (including phenoxy) is 2. The minimum Gasteiger partial charge on any atom is -0.480 e. The second-order valence-electron chi connectivity index (χ2n) is 6.70. The number of methoxy groups -OCH3 is 1. The molecule has 3 rings (SSSR count). The third kappa shape index (κ3) is 4.23. The number of halogens is 2. The van der Waals surface area contributed by atoms with E-state index in [2.05, 4.69) is 15.0 Å². The fourth-order valence-electron chi connectivity index (χ4n) is 3.14. The Labute approximate surface area is 166 Å². The van der Waals surface area contributed by atoms with Crippen molar-refractivity contribution in [2.45, 2.75) is 25.8 Å². The molecule has 0 saturated heterocycles. The van der Waals surface area contributed by atoms with Crippen LogP contribution in [-0.2, 0) is 16.7 Å². The Hall–Kier alpha value is -3.36. The second-order valence-corrected chi connectivity index (χ2v) is 6.70. The zero-order valence-corrected chi connectivity index (χ0v) is 16.2. The lowest BCUT2D eigenvalue weighted by Gasteiger charge is -2.28. The van der Waals surface area contributed by atoms with Crippen LogP contribution in [0.15, 0.2) is 41.2 Å². The molecule has 1 aliphatic heterocycles. The lowest BCUT2D eigenvalue weighted by atomic mass is 9.88. The molecule has 2 aromatic rings. The average molecular weight is 402 g/mol. The van der Waals surface area contributed by atoms with E-state index in [1.807, 2.05) is 0 Å². The maximum Gasteiger partial charge on any atom is 0.288 e. The van der Waals surface area contributed by atoms with Crippen molar-refractivity contribution < 1.29 is 23.0 Å². The van der Waals surface area contributed by atoms with Crippen LogP contribution in [0, 0.1) is 12.7 Å². The molecule has 0 radical (unpaired) electrons. The molecule has 152 valence electrons. The van der Waals surface area contributed by atoms with Gasteiger partial charge < -0.3 is 15.2 Å². The lowest BCUT2D eigenvalue weighted by Crippen LogP contribution is -2.31. The minimum atomic E-state index is -1.26. The van der Waals surface area contributed by atoms with E-state index in [1.54, 1.807) is 13.8 Å². The van der Waals surface area contributed by atoms with Crippen LogP contribution in [-0.4, -0.2) is 35.6 Å². The highest BCUT2D eigenvalue weighted by molar-refractivity contribution is 5.96. The zero-order valence-electron chi connectivity index (χ0n) is 16.2. The molecule has 0 fully saturated rings. The summed E-state index contributed by atoms with van der Waals surface area (Å²) in [6.07, 6.45) is 2.70. The van der Waals surface area contributed by atoms with E-state index in [1.165, 1.54) is 37.6 Å². The first-order valence-corrected chi connectivity index (χ1v) is 8.76. The molecule has 1 atom stereocenters. The topological polar surface area (TPSA) is 99.7 Å². The number of alkyl halides is 1. The van der Waals surface area contributed by atoms with Crippen LogP contribution >= 0.6 is 0 Å². The number of ketones is 1. The lowest BCUT2D eigenvalue weighted by molar-refractivity contribution is 0.0987. The number of Topliss-reactive ketones (excluding diaryl/α,β-unsaturated/α-hetero) is 1. The fourth-order valence-corrected chi connectivity index (χ4v) is 3.14. The molecule has 0 bridgehead atoms. The number of amidine groups is 1. The number of hydrogen-bond donors (Lipinski definition) is 1. The summed E-state index contributed by atoms with van der Waals surface area (Å²) < 4.78 is 37.6. The minimum absolute atomic E-state index is 0.0272. The van der Waals surface area contributed by atoms with E-state index < -0.39 is 18.0 Å². The van der Waals surface area contributed by atoms with Gasteiger partial charge in [0.15, 0.2) is 5.78 Å². The fraction of sp³-hybridized carbons (Fsp3) is 0.300. The van der Waals surface area contributed by atoms with Crippen molar-refractivity contribution in [3.05, 3.63) is 64.6 Å². The highest BCUT2D eigenvalue weighted by Crippen LogP contribution is 2.34. The van der Waals surface area contributed by atoms with E-state index in [-0.39, 0.29) is 35.2 Å². The Morgan fingerprint density at radius 1 is 1.38 bits per heavy atom. The first-order chi connectivity index (χ1) is 13.8. The number of aliphatic imine (C=N–C) groups is 1. The Morgan fingerprint density at radius 2 is 2.14 bits per heavy atom. The van der Waals surface area contributed by atoms with Crippen LogP contribution in [0.5, 0.6) is 5.88 Å². The molecule has 0 amide bonds. The largest absolute Gasteiger partial charge is 0.480 e. The van der Waals surface area contributed by atoms with Crippen molar-refractivity contribution in [1.82, 2.24) is 9.97 Å². The summed E-state index contributed by atoms with van der Waals surface area (Å²) >= 11 is 0. The predicted molar refractivity (Wildman–Crippen MR) is 102 cm³/mol. The van der Waals surface area contributed by atoms with Crippen molar-refractivity contribution in [2.24, 2.45) is 10.7 Å². The van der Waals surface area contributed by atoms with Crippen molar-refractivity contribution in [2.75, 3.05) is 13.8 Å². The van der Waals surface area contributed by atoms with Crippen LogP contribution in [0.2, 0.25) is 0 Å². The molecule has 0 saturated carbocycles. The second kappa shape index (κ2) is 7.94. The number of carbonyl (C=O) groups is 1. The molecule has 0 spiro atoms. The number of allylic oxidation sites excluding steroid dienone is 1. The van der Waals surface area contributed by atoms with Crippen LogP contribution in [0.25, 0.3) is 0 Å². The number of nitrogens with two attached hydrogens (primary N) is 1. The number of hydrogen-bond acceptors (Lipinski definition) is 7. The molecule has 0 aliphatic carbocycles. The highest BCUT2D eigenvalue weighted by Gasteiger charge is 2.32. The quantitative estimate of drug-likeness (QED) is 0.746. The van der Waals surface area contributed by atoms with Crippen LogP contribution < -0.4 is 10.5 Å². The normalized spacial score (nSPS) is 18.5. The number of rotatable bonds is 6. The summed E-state index contributed by atoms with van der Waals surface area (Å²) in [6, 6.07) is 3.99. The molecule has 1 aromatic heterocycles. The Bertz CT molecular complexity index is 1020. The molecular formula is C20H20F2N4O3. The number of aryl methyl sites for hydroxylation is 1. The summed E-state index contributed by atoms with van der Waals surface area (Å²) in [7, 11) is 1.46. The van der Waals surface area contributed by atoms with Crippen molar-refractivity contribution in [1.29, 1.82) is 0 Å². The van der Waals surface area contributed by atoms with E-state index in [0.717, 1.165) is 0 Å². The third-order valence-electron chi connectivity index (χ3n) is 4.49. The molecule has 1 aromatic carbocycles. The SMILES string of the molecule is COc1cnc(C(=O)Cc2ccc(F)c([C@]3(C)C=C(CF)OC(N)=N3)c2)c(C)n1. The Morgan fingerprint density at radius 3 is 2.79 bits per heavy atom. The third-order valence-corrected chi connectivity index (χ3v) is 4.49. The van der Waals surface area contributed by atoms with Crippen molar-refractivity contribution >= 4 is 11.8 Å². The van der Waals surface area contributed by atoms with E-state index in [0.29, 0.717) is 17.1 Å². The summed E-state index contributed by atoms with van der Waals surface area (Å²) in [5, 5.41) is 0. The predicted octanol–water partition coefficient (Wildman–Crippen LogP) is 2.77. The van der Waals surface area contributed by atoms with Gasteiger partial charge >= 0.3 is 0 Å². The number of nitrogens with zero attached hydrogens (tertiary/aromatic N) is 3. The molecule has 29 heavy (non-hydrogen) atoms. The van der Waals surface area contributed by atoms with Gasteiger partial charge in [-0.05, 0) is 37.6 Å². The van der Waals surface area contributed by atoms with Gasteiger partial charge in [0.05, 0.1) is 19.0 Å². The smallest absolute Gasteiger partial charge is 0.288 e. The maximum absolute atomic E-state index is 14.6. The number of benzene rings is 1. The van der Waals surface area contributed by atoms with Crippen LogP contribution in [0.3, 0.4) is 0 Å². The van der Waals surface area contributed by atoms with E-state index in [9.17, 15) is 13.6 Å². The molecule has 1 aliphatic rings. The van der Waals surface area contributed by atoms with Crippen LogP contribution in [0.4, 0.5) is 8.78 Å². The molecule has 9 heteroatoms. The van der Waals surface area contributed by atoms with Gasteiger partial charge in [0.2, 0.25) is 5.88 Å². The standard InChI is InChI=1S/C20H20F2N4O3/c1-11-18(24-10-17(25-11)28-3)16(27)7-12-4-5-15(22)14(6-12)20(2)8-13(9-21)29-19(23)26-20/h4-6,8,10H,7,9H2,1-3H3,(H2,23,26)/t20-/m0/s1. The van der Waals surface area contributed by atoms with Crippen molar-refractivity contribution in [3.8, 4) is 5.88 Å².